The van der Waals surface area contributed by atoms with E-state index >= 15 is 0 Å². The molecule has 1 aliphatic carbocycles. The van der Waals surface area contributed by atoms with Gasteiger partial charge in [0.1, 0.15) is 0 Å². The van der Waals surface area contributed by atoms with Crippen LogP contribution in [0.3, 0.4) is 0 Å². The molecule has 0 unspecified atom stereocenters. The van der Waals surface area contributed by atoms with Crippen molar-refractivity contribution in [3.8, 4) is 0 Å². The second-order valence-electron chi connectivity index (χ2n) is 7.91. The summed E-state index contributed by atoms with van der Waals surface area (Å²) in [6, 6.07) is 6.70. The SMILES string of the molecule is Cc1cc(C)cc(NC(=S)NC2CCN(C(=O)C3CCCCC3)CC2)c1. The van der Waals surface area contributed by atoms with Gasteiger partial charge in [0.25, 0.3) is 0 Å². The first-order valence-corrected chi connectivity index (χ1v) is 10.4. The molecule has 0 bridgehead atoms. The number of aryl methyl sites for hydroxylation is 2. The van der Waals surface area contributed by atoms with Crippen LogP contribution in [0.15, 0.2) is 18.2 Å². The van der Waals surface area contributed by atoms with Crippen molar-refractivity contribution in [2.24, 2.45) is 5.92 Å². The Morgan fingerprint density at radius 2 is 1.62 bits per heavy atom. The zero-order valence-electron chi connectivity index (χ0n) is 16.0. The van der Waals surface area contributed by atoms with Crippen molar-refractivity contribution in [3.63, 3.8) is 0 Å². The van der Waals surface area contributed by atoms with Crippen molar-refractivity contribution in [2.75, 3.05) is 18.4 Å². The van der Waals surface area contributed by atoms with Crippen LogP contribution < -0.4 is 10.6 Å². The van der Waals surface area contributed by atoms with Gasteiger partial charge in [0.05, 0.1) is 0 Å². The van der Waals surface area contributed by atoms with E-state index in [0.717, 1.165) is 44.5 Å². The van der Waals surface area contributed by atoms with Crippen LogP contribution in [0.25, 0.3) is 0 Å². The second-order valence-corrected chi connectivity index (χ2v) is 8.32. The summed E-state index contributed by atoms with van der Waals surface area (Å²) in [6.45, 7) is 5.87. The van der Waals surface area contributed by atoms with Crippen LogP contribution in [-0.2, 0) is 4.79 Å². The predicted molar refractivity (Wildman–Crippen MR) is 111 cm³/mol. The number of nitrogens with zero attached hydrogens (tertiary/aromatic N) is 1. The number of piperidine rings is 1. The highest BCUT2D eigenvalue weighted by Gasteiger charge is 2.29. The van der Waals surface area contributed by atoms with Crippen LogP contribution in [-0.4, -0.2) is 35.1 Å². The molecule has 142 valence electrons. The highest BCUT2D eigenvalue weighted by molar-refractivity contribution is 7.80. The quantitative estimate of drug-likeness (QED) is 0.781. The van der Waals surface area contributed by atoms with Gasteiger partial charge >= 0.3 is 0 Å². The topological polar surface area (TPSA) is 44.4 Å². The molecule has 1 heterocycles. The van der Waals surface area contributed by atoms with Crippen LogP contribution in [0.1, 0.15) is 56.1 Å². The number of thiocarbonyl (C=S) groups is 1. The summed E-state index contributed by atoms with van der Waals surface area (Å²) < 4.78 is 0. The maximum atomic E-state index is 12.7. The Kier molecular flexibility index (Phi) is 6.52. The maximum absolute atomic E-state index is 12.7. The molecule has 0 atom stereocenters. The first-order valence-electron chi connectivity index (χ1n) is 9.96. The third-order valence-corrected chi connectivity index (χ3v) is 5.80. The average molecular weight is 374 g/mol. The fraction of sp³-hybridized carbons (Fsp3) is 0.619. The molecule has 1 saturated carbocycles. The smallest absolute Gasteiger partial charge is 0.225 e. The summed E-state index contributed by atoms with van der Waals surface area (Å²) in [5.41, 5.74) is 3.49. The molecular formula is C21H31N3OS. The largest absolute Gasteiger partial charge is 0.360 e. The van der Waals surface area contributed by atoms with E-state index in [1.165, 1.54) is 30.4 Å². The molecule has 2 aliphatic rings. The van der Waals surface area contributed by atoms with Crippen molar-refractivity contribution in [2.45, 2.75) is 64.8 Å². The Labute approximate surface area is 162 Å². The minimum Gasteiger partial charge on any atom is -0.360 e. The molecule has 1 aromatic carbocycles. The lowest BCUT2D eigenvalue weighted by atomic mass is 9.87. The molecule has 2 fully saturated rings. The number of hydrogen-bond acceptors (Lipinski definition) is 2. The molecule has 1 saturated heterocycles. The molecular weight excluding hydrogens is 342 g/mol. The molecule has 3 rings (SSSR count). The highest BCUT2D eigenvalue weighted by atomic mass is 32.1. The molecule has 5 heteroatoms. The molecule has 1 aromatic rings. The van der Waals surface area contributed by atoms with Gasteiger partial charge in [-0.3, -0.25) is 4.79 Å². The Balaban J connectivity index is 1.44. The van der Waals surface area contributed by atoms with Gasteiger partial charge in [-0.1, -0.05) is 25.3 Å². The fourth-order valence-electron chi connectivity index (χ4n) is 4.25. The number of benzene rings is 1. The number of amides is 1. The van der Waals surface area contributed by atoms with Crippen molar-refractivity contribution in [3.05, 3.63) is 29.3 Å². The van der Waals surface area contributed by atoms with Gasteiger partial charge in [-0.05, 0) is 75.0 Å². The number of likely N-dealkylation sites (tertiary alicyclic amines) is 1. The van der Waals surface area contributed by atoms with E-state index in [4.69, 9.17) is 12.2 Å². The zero-order valence-corrected chi connectivity index (χ0v) is 16.8. The Bertz CT molecular complexity index is 626. The van der Waals surface area contributed by atoms with Crippen LogP contribution in [0.5, 0.6) is 0 Å². The van der Waals surface area contributed by atoms with E-state index in [1.54, 1.807) is 0 Å². The fourth-order valence-corrected chi connectivity index (χ4v) is 4.54. The molecule has 1 amide bonds. The van der Waals surface area contributed by atoms with Gasteiger partial charge in [0, 0.05) is 30.7 Å². The van der Waals surface area contributed by atoms with Crippen LogP contribution >= 0.6 is 12.2 Å². The average Bonchev–Trinajstić information content (AvgIpc) is 2.61. The molecule has 4 nitrogen and oxygen atoms in total. The lowest BCUT2D eigenvalue weighted by Gasteiger charge is -2.35. The van der Waals surface area contributed by atoms with Crippen LogP contribution in [0.2, 0.25) is 0 Å². The van der Waals surface area contributed by atoms with Gasteiger partial charge in [0.2, 0.25) is 5.91 Å². The number of rotatable bonds is 3. The molecule has 0 radical (unpaired) electrons. The second kappa shape index (κ2) is 8.85. The summed E-state index contributed by atoms with van der Waals surface area (Å²) in [5.74, 6) is 0.666. The van der Waals surface area contributed by atoms with Gasteiger partial charge in [-0.15, -0.1) is 0 Å². The normalized spacial score (nSPS) is 19.2. The third kappa shape index (κ3) is 5.19. The summed E-state index contributed by atoms with van der Waals surface area (Å²) in [7, 11) is 0. The minimum atomic E-state index is 0.278. The molecule has 1 aliphatic heterocycles. The molecule has 0 aromatic heterocycles. The van der Waals surface area contributed by atoms with Crippen LogP contribution in [0.4, 0.5) is 5.69 Å². The summed E-state index contributed by atoms with van der Waals surface area (Å²) in [5, 5.41) is 7.40. The standard InChI is InChI=1S/C21H31N3OS/c1-15-12-16(2)14-19(13-15)23-21(26)22-18-8-10-24(11-9-18)20(25)17-6-4-3-5-7-17/h12-14,17-18H,3-11H2,1-2H3,(H2,22,23,26). The van der Waals surface area contributed by atoms with Crippen molar-refractivity contribution >= 4 is 28.9 Å². The monoisotopic (exact) mass is 373 g/mol. The van der Waals surface area contributed by atoms with Crippen LogP contribution in [0, 0.1) is 19.8 Å². The summed E-state index contributed by atoms with van der Waals surface area (Å²) in [4.78, 5) is 14.7. The predicted octanol–water partition coefficient (Wildman–Crippen LogP) is 4.16. The van der Waals surface area contributed by atoms with Gasteiger partial charge < -0.3 is 15.5 Å². The maximum Gasteiger partial charge on any atom is 0.225 e. The molecule has 2 N–H and O–H groups in total. The highest BCUT2D eigenvalue weighted by Crippen LogP contribution is 2.26. The van der Waals surface area contributed by atoms with E-state index in [9.17, 15) is 4.79 Å². The van der Waals surface area contributed by atoms with E-state index in [1.807, 2.05) is 0 Å². The number of nitrogens with one attached hydrogen (secondary N) is 2. The van der Waals surface area contributed by atoms with Gasteiger partial charge in [-0.25, -0.2) is 0 Å². The number of carbonyl (C=O) groups excluding carboxylic acids is 1. The Hall–Kier alpha value is -1.62. The van der Waals surface area contributed by atoms with E-state index in [2.05, 4.69) is 47.6 Å². The minimum absolute atomic E-state index is 0.278. The zero-order chi connectivity index (χ0) is 18.5. The third-order valence-electron chi connectivity index (χ3n) is 5.58. The summed E-state index contributed by atoms with van der Waals surface area (Å²) in [6.07, 6.45) is 7.82. The first kappa shape index (κ1) is 19.2. The first-order chi connectivity index (χ1) is 12.5. The number of carbonyl (C=O) groups is 1. The van der Waals surface area contributed by atoms with Gasteiger partial charge in [-0.2, -0.15) is 0 Å². The number of hydrogen-bond donors (Lipinski definition) is 2. The summed E-state index contributed by atoms with van der Waals surface area (Å²) >= 11 is 5.48. The van der Waals surface area contributed by atoms with E-state index in [0.29, 0.717) is 17.1 Å². The molecule has 26 heavy (non-hydrogen) atoms. The van der Waals surface area contributed by atoms with E-state index < -0.39 is 0 Å². The number of anilines is 1. The lowest BCUT2D eigenvalue weighted by molar-refractivity contribution is -0.137. The Morgan fingerprint density at radius 3 is 2.23 bits per heavy atom. The molecule has 0 spiro atoms. The van der Waals surface area contributed by atoms with Crippen molar-refractivity contribution < 1.29 is 4.79 Å². The van der Waals surface area contributed by atoms with Gasteiger partial charge in [0.15, 0.2) is 5.11 Å². The van der Waals surface area contributed by atoms with Crippen molar-refractivity contribution in [1.29, 1.82) is 0 Å². The van der Waals surface area contributed by atoms with Crippen molar-refractivity contribution in [1.82, 2.24) is 10.2 Å². The lowest BCUT2D eigenvalue weighted by Crippen LogP contribution is -2.49. The van der Waals surface area contributed by atoms with E-state index in [-0.39, 0.29) is 5.92 Å². The Morgan fingerprint density at radius 1 is 1.00 bits per heavy atom.